The molecule has 0 spiro atoms. The molecule has 1 aliphatic heterocycles. The van der Waals surface area contributed by atoms with Crippen LogP contribution in [0.1, 0.15) is 6.42 Å². The summed E-state index contributed by atoms with van der Waals surface area (Å²) in [5.74, 6) is 2.29. The minimum absolute atomic E-state index is 0.295. The second-order valence-corrected chi connectivity index (χ2v) is 2.73. The normalized spacial score (nSPS) is 21.6. The van der Waals surface area contributed by atoms with E-state index in [1.807, 2.05) is 0 Å². The summed E-state index contributed by atoms with van der Waals surface area (Å²) >= 11 is 0. The van der Waals surface area contributed by atoms with E-state index in [2.05, 4.69) is 17.9 Å². The van der Waals surface area contributed by atoms with Gasteiger partial charge in [-0.05, 0) is 26.5 Å². The summed E-state index contributed by atoms with van der Waals surface area (Å²) in [6, 6.07) is 0. The zero-order valence-electron chi connectivity index (χ0n) is 5.80. The molecule has 0 bridgehead atoms. The van der Waals surface area contributed by atoms with Gasteiger partial charge in [0.25, 0.3) is 6.71 Å². The maximum absolute atomic E-state index is 8.53. The minimum Gasteiger partial charge on any atom is -0.312 e. The topological polar surface area (TPSA) is 27.0 Å². The van der Waals surface area contributed by atoms with Gasteiger partial charge in [-0.2, -0.15) is 0 Å². The third-order valence-electron chi connectivity index (χ3n) is 1.81. The Bertz CT molecular complexity index is 130. The van der Waals surface area contributed by atoms with Gasteiger partial charge in [0.2, 0.25) is 0 Å². The molecule has 9 heavy (non-hydrogen) atoms. The van der Waals surface area contributed by atoms with E-state index >= 15 is 0 Å². The van der Waals surface area contributed by atoms with Gasteiger partial charge in [0, 0.05) is 5.97 Å². The van der Waals surface area contributed by atoms with Crippen molar-refractivity contribution in [3.05, 3.63) is 0 Å². The number of nitrogens with zero attached hydrogens (tertiary/aromatic N) is 2. The van der Waals surface area contributed by atoms with Crippen LogP contribution in [0, 0.1) is 11.2 Å². The van der Waals surface area contributed by atoms with E-state index in [4.69, 9.17) is 5.26 Å². The van der Waals surface area contributed by atoms with E-state index < -0.39 is 0 Å². The van der Waals surface area contributed by atoms with Crippen LogP contribution < -0.4 is 0 Å². The highest BCUT2D eigenvalue weighted by Gasteiger charge is 2.20. The Hall–Kier alpha value is -0.485. The van der Waals surface area contributed by atoms with Gasteiger partial charge in [-0.15, -0.1) is 0 Å². The zero-order chi connectivity index (χ0) is 6.69. The molecule has 0 unspecified atom stereocenters. The molecule has 2 nitrogen and oxygen atoms in total. The fourth-order valence-electron chi connectivity index (χ4n) is 1.27. The molecule has 0 radical (unpaired) electrons. The first-order valence-electron chi connectivity index (χ1n) is 3.41. The third-order valence-corrected chi connectivity index (χ3v) is 1.81. The molecule has 3 heteroatoms. The van der Waals surface area contributed by atoms with Crippen LogP contribution in [0.15, 0.2) is 0 Å². The van der Waals surface area contributed by atoms with Crippen LogP contribution in [0.2, 0.25) is 6.32 Å². The van der Waals surface area contributed by atoms with Crippen LogP contribution in [-0.4, -0.2) is 31.6 Å². The van der Waals surface area contributed by atoms with Crippen molar-refractivity contribution in [2.75, 3.05) is 20.0 Å². The van der Waals surface area contributed by atoms with Gasteiger partial charge in [-0.1, -0.05) is 6.32 Å². The lowest BCUT2D eigenvalue weighted by Crippen LogP contribution is -2.37. The predicted molar refractivity (Wildman–Crippen MR) is 38.3 cm³/mol. The maximum Gasteiger partial charge on any atom is 0.282 e. The molecule has 1 fully saturated rings. The lowest BCUT2D eigenvalue weighted by molar-refractivity contribution is 0.369. The van der Waals surface area contributed by atoms with Crippen molar-refractivity contribution in [2.24, 2.45) is 0 Å². The summed E-state index contributed by atoms with van der Waals surface area (Å²) in [6.45, 7) is 1.46. The second kappa shape index (κ2) is 2.88. The SMILES string of the molecule is CN1CCCB(C#N)C1. The molecule has 1 heterocycles. The quantitative estimate of drug-likeness (QED) is 0.435. The smallest absolute Gasteiger partial charge is 0.282 e. The molecule has 0 amide bonds. The molecule has 1 saturated heterocycles. The van der Waals surface area contributed by atoms with Crippen molar-refractivity contribution in [1.82, 2.24) is 4.90 Å². The first kappa shape index (κ1) is 6.63. The van der Waals surface area contributed by atoms with E-state index in [0.29, 0.717) is 6.71 Å². The molecule has 0 aliphatic carbocycles. The zero-order valence-corrected chi connectivity index (χ0v) is 5.80. The molecule has 0 aromatic carbocycles. The Kier molecular flexibility index (Phi) is 2.13. The van der Waals surface area contributed by atoms with Gasteiger partial charge in [0.1, 0.15) is 0 Å². The second-order valence-electron chi connectivity index (χ2n) is 2.73. The predicted octanol–water partition coefficient (Wildman–Crippen LogP) is 0.419. The largest absolute Gasteiger partial charge is 0.312 e. The molecule has 0 saturated carbocycles. The minimum atomic E-state index is 0.295. The average Bonchev–Trinajstić information content (AvgIpc) is 1.88. The standard InChI is InChI=1S/C6H11BN2/c1-9-4-2-3-7(5-8)6-9/h2-4,6H2,1H3. The van der Waals surface area contributed by atoms with Gasteiger partial charge in [0.05, 0.1) is 0 Å². The molecule has 0 N–H and O–H groups in total. The van der Waals surface area contributed by atoms with Gasteiger partial charge < -0.3 is 4.90 Å². The van der Waals surface area contributed by atoms with Gasteiger partial charge in [-0.25, -0.2) is 5.26 Å². The van der Waals surface area contributed by atoms with E-state index in [-0.39, 0.29) is 0 Å². The van der Waals surface area contributed by atoms with Crippen LogP contribution in [0.4, 0.5) is 0 Å². The summed E-state index contributed by atoms with van der Waals surface area (Å²) < 4.78 is 0. The van der Waals surface area contributed by atoms with E-state index in [1.54, 1.807) is 0 Å². The van der Waals surface area contributed by atoms with Crippen molar-refractivity contribution in [3.8, 4) is 5.97 Å². The lowest BCUT2D eigenvalue weighted by atomic mass is 9.47. The molecule has 0 aromatic rings. The Morgan fingerprint density at radius 3 is 2.89 bits per heavy atom. The average molecular weight is 122 g/mol. The molecule has 1 aliphatic rings. The highest BCUT2D eigenvalue weighted by atomic mass is 15.1. The fraction of sp³-hybridized carbons (Fsp3) is 0.833. The molecule has 1 rings (SSSR count). The summed E-state index contributed by atoms with van der Waals surface area (Å²) in [4.78, 5) is 2.22. The maximum atomic E-state index is 8.53. The van der Waals surface area contributed by atoms with Gasteiger partial charge >= 0.3 is 0 Å². The van der Waals surface area contributed by atoms with Crippen LogP contribution in [0.5, 0.6) is 0 Å². The van der Waals surface area contributed by atoms with Crippen LogP contribution >= 0.6 is 0 Å². The molecule has 0 atom stereocenters. The van der Waals surface area contributed by atoms with Crippen LogP contribution in [0.25, 0.3) is 0 Å². The first-order chi connectivity index (χ1) is 4.33. The van der Waals surface area contributed by atoms with Crippen molar-refractivity contribution >= 4 is 6.71 Å². The summed E-state index contributed by atoms with van der Waals surface area (Å²) in [6.07, 6.45) is 3.26. The van der Waals surface area contributed by atoms with E-state index in [0.717, 1.165) is 19.3 Å². The van der Waals surface area contributed by atoms with Crippen molar-refractivity contribution < 1.29 is 0 Å². The van der Waals surface area contributed by atoms with Crippen molar-refractivity contribution in [2.45, 2.75) is 12.7 Å². The van der Waals surface area contributed by atoms with Crippen LogP contribution in [-0.2, 0) is 0 Å². The number of hydrogen-bond acceptors (Lipinski definition) is 2. The van der Waals surface area contributed by atoms with Gasteiger partial charge in [-0.3, -0.25) is 0 Å². The highest BCUT2D eigenvalue weighted by Crippen LogP contribution is 2.06. The molecule has 0 aromatic heterocycles. The Morgan fingerprint density at radius 2 is 2.44 bits per heavy atom. The number of hydrogen-bond donors (Lipinski definition) is 0. The first-order valence-corrected chi connectivity index (χ1v) is 3.41. The molecular weight excluding hydrogens is 111 g/mol. The highest BCUT2D eigenvalue weighted by molar-refractivity contribution is 6.67. The monoisotopic (exact) mass is 122 g/mol. The Balaban J connectivity index is 2.34. The van der Waals surface area contributed by atoms with Crippen LogP contribution in [0.3, 0.4) is 0 Å². The summed E-state index contributed by atoms with van der Waals surface area (Å²) in [5.41, 5.74) is 0. The van der Waals surface area contributed by atoms with E-state index in [9.17, 15) is 0 Å². The number of nitriles is 1. The van der Waals surface area contributed by atoms with Crippen molar-refractivity contribution in [3.63, 3.8) is 0 Å². The third kappa shape index (κ3) is 1.72. The summed E-state index contributed by atoms with van der Waals surface area (Å²) in [5, 5.41) is 8.53. The van der Waals surface area contributed by atoms with Gasteiger partial charge in [0.15, 0.2) is 0 Å². The fourth-order valence-corrected chi connectivity index (χ4v) is 1.27. The number of rotatable bonds is 0. The van der Waals surface area contributed by atoms with Crippen molar-refractivity contribution in [1.29, 1.82) is 5.26 Å². The Labute approximate surface area is 56.5 Å². The Morgan fingerprint density at radius 1 is 1.67 bits per heavy atom. The molecule has 48 valence electrons. The van der Waals surface area contributed by atoms with E-state index in [1.165, 1.54) is 6.42 Å². The molecular formula is C6H11BN2. The lowest BCUT2D eigenvalue weighted by Gasteiger charge is -2.22. The summed E-state index contributed by atoms with van der Waals surface area (Å²) in [7, 11) is 2.07.